The van der Waals surface area contributed by atoms with E-state index in [0.29, 0.717) is 37.9 Å². The van der Waals surface area contributed by atoms with Crippen molar-refractivity contribution in [1.29, 1.82) is 0 Å². The van der Waals surface area contributed by atoms with Crippen LogP contribution in [0, 0.1) is 11.8 Å². The van der Waals surface area contributed by atoms with Crippen molar-refractivity contribution in [3.05, 3.63) is 0 Å². The number of rotatable bonds is 19. The SMILES string of the molecule is CCCCCCCC(=O)CC[C@@H]1[C@@H](CCCCCCCCC(=O)OC(C)C)[C@H](O)C[C@H]1O. The molecule has 0 saturated heterocycles. The number of aliphatic hydroxyl groups is 2. The second-order valence-electron chi connectivity index (χ2n) is 10.1. The predicted octanol–water partition coefficient (Wildman–Crippen LogP) is 6.13. The first-order valence-corrected chi connectivity index (χ1v) is 13.4. The van der Waals surface area contributed by atoms with E-state index in [1.807, 2.05) is 13.8 Å². The summed E-state index contributed by atoms with van der Waals surface area (Å²) in [5.41, 5.74) is 0. The predicted molar refractivity (Wildman–Crippen MR) is 129 cm³/mol. The van der Waals surface area contributed by atoms with Crippen LogP contribution in [-0.2, 0) is 14.3 Å². The van der Waals surface area contributed by atoms with Crippen LogP contribution in [0.2, 0.25) is 0 Å². The molecule has 0 amide bonds. The van der Waals surface area contributed by atoms with Crippen LogP contribution in [0.3, 0.4) is 0 Å². The first kappa shape index (κ1) is 29.1. The molecule has 0 aliphatic heterocycles. The molecule has 32 heavy (non-hydrogen) atoms. The minimum absolute atomic E-state index is 0.0375. The van der Waals surface area contributed by atoms with Crippen LogP contribution in [0.25, 0.3) is 0 Å². The third-order valence-electron chi connectivity index (χ3n) is 6.87. The van der Waals surface area contributed by atoms with Gasteiger partial charge in [-0.05, 0) is 57.8 Å². The third-order valence-corrected chi connectivity index (χ3v) is 6.87. The van der Waals surface area contributed by atoms with Crippen LogP contribution >= 0.6 is 0 Å². The van der Waals surface area contributed by atoms with Gasteiger partial charge in [0.05, 0.1) is 18.3 Å². The van der Waals surface area contributed by atoms with Crippen LogP contribution in [-0.4, -0.2) is 40.3 Å². The second kappa shape index (κ2) is 17.5. The number of unbranched alkanes of at least 4 members (excludes halogenated alkanes) is 9. The lowest BCUT2D eigenvalue weighted by atomic mass is 9.84. The zero-order valence-corrected chi connectivity index (χ0v) is 21.0. The molecule has 0 heterocycles. The molecular formula is C27H50O5. The lowest BCUT2D eigenvalue weighted by molar-refractivity contribution is -0.147. The summed E-state index contributed by atoms with van der Waals surface area (Å²) in [6.45, 7) is 5.93. The first-order chi connectivity index (χ1) is 15.3. The Kier molecular flexibility index (Phi) is 15.9. The van der Waals surface area contributed by atoms with E-state index in [1.165, 1.54) is 19.3 Å². The molecule has 0 aromatic rings. The average Bonchev–Trinajstić information content (AvgIpc) is 3.00. The van der Waals surface area contributed by atoms with Crippen molar-refractivity contribution in [2.24, 2.45) is 11.8 Å². The average molecular weight is 455 g/mol. The van der Waals surface area contributed by atoms with Crippen LogP contribution < -0.4 is 0 Å². The van der Waals surface area contributed by atoms with E-state index in [4.69, 9.17) is 4.74 Å². The van der Waals surface area contributed by atoms with Crippen molar-refractivity contribution in [3.63, 3.8) is 0 Å². The van der Waals surface area contributed by atoms with E-state index in [1.54, 1.807) is 0 Å². The topological polar surface area (TPSA) is 83.8 Å². The van der Waals surface area contributed by atoms with Gasteiger partial charge in [-0.3, -0.25) is 9.59 Å². The molecule has 1 aliphatic carbocycles. The van der Waals surface area contributed by atoms with Crippen LogP contribution in [0.4, 0.5) is 0 Å². The number of carbonyl (C=O) groups is 2. The van der Waals surface area contributed by atoms with Gasteiger partial charge >= 0.3 is 5.97 Å². The first-order valence-electron chi connectivity index (χ1n) is 13.4. The largest absolute Gasteiger partial charge is 0.463 e. The fraction of sp³-hybridized carbons (Fsp3) is 0.926. The molecular weight excluding hydrogens is 404 g/mol. The molecule has 1 aliphatic rings. The number of carbonyl (C=O) groups excluding carboxylic acids is 2. The van der Waals surface area contributed by atoms with E-state index >= 15 is 0 Å². The highest BCUT2D eigenvalue weighted by Gasteiger charge is 2.40. The zero-order chi connectivity index (χ0) is 23.8. The summed E-state index contributed by atoms with van der Waals surface area (Å²) in [5, 5.41) is 20.8. The number of hydrogen-bond acceptors (Lipinski definition) is 5. The molecule has 0 bridgehead atoms. The Labute approximate surface area is 196 Å². The van der Waals surface area contributed by atoms with Crippen molar-refractivity contribution in [3.8, 4) is 0 Å². The number of hydrogen-bond donors (Lipinski definition) is 2. The summed E-state index contributed by atoms with van der Waals surface area (Å²) in [7, 11) is 0. The number of ketones is 1. The van der Waals surface area contributed by atoms with Crippen LogP contribution in [0.5, 0.6) is 0 Å². The van der Waals surface area contributed by atoms with E-state index in [0.717, 1.165) is 57.8 Å². The molecule has 1 rings (SSSR count). The van der Waals surface area contributed by atoms with Gasteiger partial charge in [0.2, 0.25) is 0 Å². The Hall–Kier alpha value is -0.940. The summed E-state index contributed by atoms with van der Waals surface area (Å²) in [6.07, 6.45) is 15.0. The van der Waals surface area contributed by atoms with E-state index in [9.17, 15) is 19.8 Å². The second-order valence-corrected chi connectivity index (χ2v) is 10.1. The highest BCUT2D eigenvalue weighted by molar-refractivity contribution is 5.78. The molecule has 5 nitrogen and oxygen atoms in total. The monoisotopic (exact) mass is 454 g/mol. The molecule has 0 aromatic carbocycles. The van der Waals surface area contributed by atoms with E-state index in [-0.39, 0.29) is 23.9 Å². The Morgan fingerprint density at radius 3 is 1.91 bits per heavy atom. The standard InChI is InChI=1S/C27H50O5/c1-4-5-6-9-12-15-22(28)18-19-24-23(25(29)20-26(24)30)16-13-10-7-8-11-14-17-27(31)32-21(2)3/h21,23-26,29-30H,4-20H2,1-3H3/t23-,24-,25-,26-/m1/s1. The Morgan fingerprint density at radius 1 is 0.750 bits per heavy atom. The highest BCUT2D eigenvalue weighted by Crippen LogP contribution is 2.39. The zero-order valence-electron chi connectivity index (χ0n) is 21.0. The number of esters is 1. The smallest absolute Gasteiger partial charge is 0.306 e. The molecule has 2 N–H and O–H groups in total. The molecule has 1 fully saturated rings. The maximum absolute atomic E-state index is 12.2. The van der Waals surface area contributed by atoms with Gasteiger partial charge in [-0.2, -0.15) is 0 Å². The lowest BCUT2D eigenvalue weighted by Gasteiger charge is -2.23. The fourth-order valence-electron chi connectivity index (χ4n) is 5.04. The Morgan fingerprint density at radius 2 is 1.28 bits per heavy atom. The summed E-state index contributed by atoms with van der Waals surface area (Å²) in [5.74, 6) is 0.384. The van der Waals surface area contributed by atoms with E-state index in [2.05, 4.69) is 6.92 Å². The molecule has 0 aromatic heterocycles. The van der Waals surface area contributed by atoms with Gasteiger partial charge in [-0.25, -0.2) is 0 Å². The summed E-state index contributed by atoms with van der Waals surface area (Å²) >= 11 is 0. The fourth-order valence-corrected chi connectivity index (χ4v) is 5.04. The lowest BCUT2D eigenvalue weighted by Crippen LogP contribution is -2.23. The maximum atomic E-state index is 12.2. The molecule has 1 saturated carbocycles. The van der Waals surface area contributed by atoms with Gasteiger partial charge < -0.3 is 14.9 Å². The van der Waals surface area contributed by atoms with Crippen LogP contribution in [0.1, 0.15) is 130 Å². The van der Waals surface area contributed by atoms with E-state index < -0.39 is 12.2 Å². The molecule has 4 atom stereocenters. The quantitative estimate of drug-likeness (QED) is 0.181. The summed E-state index contributed by atoms with van der Waals surface area (Å²) in [6, 6.07) is 0. The van der Waals surface area contributed by atoms with Crippen molar-refractivity contribution in [2.45, 2.75) is 148 Å². The van der Waals surface area contributed by atoms with Gasteiger partial charge in [0.15, 0.2) is 0 Å². The molecule has 0 spiro atoms. The Bertz CT molecular complexity index is 504. The van der Waals surface area contributed by atoms with Gasteiger partial charge in [-0.1, -0.05) is 64.7 Å². The van der Waals surface area contributed by atoms with Gasteiger partial charge in [0.1, 0.15) is 5.78 Å². The van der Waals surface area contributed by atoms with Crippen molar-refractivity contribution in [2.75, 3.05) is 0 Å². The van der Waals surface area contributed by atoms with Crippen LogP contribution in [0.15, 0.2) is 0 Å². The van der Waals surface area contributed by atoms with Gasteiger partial charge in [0, 0.05) is 19.3 Å². The molecule has 5 heteroatoms. The maximum Gasteiger partial charge on any atom is 0.306 e. The number of Topliss-reactive ketones (excluding diaryl/α,β-unsaturated/α-hetero) is 1. The number of ether oxygens (including phenoxy) is 1. The normalized spacial score (nSPS) is 23.1. The van der Waals surface area contributed by atoms with Crippen molar-refractivity contribution >= 4 is 11.8 Å². The minimum atomic E-state index is -0.474. The number of aliphatic hydroxyl groups excluding tert-OH is 2. The summed E-state index contributed by atoms with van der Waals surface area (Å²) < 4.78 is 5.14. The third kappa shape index (κ3) is 12.9. The minimum Gasteiger partial charge on any atom is -0.463 e. The Balaban J connectivity index is 2.17. The highest BCUT2D eigenvalue weighted by atomic mass is 16.5. The summed E-state index contributed by atoms with van der Waals surface area (Å²) in [4.78, 5) is 23.8. The van der Waals surface area contributed by atoms with Crippen molar-refractivity contribution in [1.82, 2.24) is 0 Å². The van der Waals surface area contributed by atoms with Gasteiger partial charge in [-0.15, -0.1) is 0 Å². The molecule has 0 radical (unpaired) electrons. The van der Waals surface area contributed by atoms with Crippen molar-refractivity contribution < 1.29 is 24.5 Å². The molecule has 0 unspecified atom stereocenters. The molecule has 188 valence electrons. The van der Waals surface area contributed by atoms with Gasteiger partial charge in [0.25, 0.3) is 0 Å².